The minimum Gasteiger partial charge on any atom is -0.329 e. The molecule has 1 aromatic carbocycles. The molecule has 1 rings (SSSR count). The summed E-state index contributed by atoms with van der Waals surface area (Å²) in [5, 5.41) is 0. The Balaban J connectivity index is 2.33. The van der Waals surface area contributed by atoms with Gasteiger partial charge in [-0.2, -0.15) is 0 Å². The lowest BCUT2D eigenvalue weighted by atomic mass is 10.3. The Morgan fingerprint density at radius 3 is 2.50 bits per heavy atom. The van der Waals surface area contributed by atoms with Gasteiger partial charge in [0.2, 0.25) is 0 Å². The Morgan fingerprint density at radius 1 is 1.25 bits per heavy atom. The van der Waals surface area contributed by atoms with E-state index in [9.17, 15) is 4.53 Å². The molecule has 1 aromatic rings. The Hall–Kier alpha value is -0.740. The number of halogens is 1. The van der Waals surface area contributed by atoms with E-state index in [2.05, 4.69) is 14.3 Å². The Morgan fingerprint density at radius 2 is 1.92 bits per heavy atom. The molecule has 66 valence electrons. The number of rotatable bonds is 4. The fourth-order valence-electron chi connectivity index (χ4n) is 0.562. The van der Waals surface area contributed by atoms with E-state index in [0.29, 0.717) is 5.75 Å². The summed E-state index contributed by atoms with van der Waals surface area (Å²) in [6, 6.07) is 8.35. The van der Waals surface area contributed by atoms with Crippen molar-refractivity contribution in [3.63, 3.8) is 0 Å². The summed E-state index contributed by atoms with van der Waals surface area (Å²) in [4.78, 5) is 12.9. The molecule has 6 heteroatoms. The van der Waals surface area contributed by atoms with Crippen LogP contribution in [0.5, 0.6) is 5.75 Å². The number of para-hydroxylation sites is 1. The molecule has 0 aliphatic rings. The van der Waals surface area contributed by atoms with E-state index in [1.807, 2.05) is 0 Å². The Kier molecular flexibility index (Phi) is 3.90. The summed E-state index contributed by atoms with van der Waals surface area (Å²) in [6.45, 7) is 0. The van der Waals surface area contributed by atoms with Crippen molar-refractivity contribution < 1.29 is 23.7 Å². The van der Waals surface area contributed by atoms with Gasteiger partial charge in [0.05, 0.1) is 0 Å². The third kappa shape index (κ3) is 3.11. The molecule has 12 heavy (non-hydrogen) atoms. The van der Waals surface area contributed by atoms with Crippen LogP contribution in [0.15, 0.2) is 30.3 Å². The van der Waals surface area contributed by atoms with Crippen molar-refractivity contribution in [2.75, 3.05) is 0 Å². The molecule has 0 heterocycles. The second-order valence-electron chi connectivity index (χ2n) is 1.78. The van der Waals surface area contributed by atoms with Crippen molar-refractivity contribution in [2.24, 2.45) is 0 Å². The summed E-state index contributed by atoms with van der Waals surface area (Å²) >= 11 is 0. The third-order valence-corrected chi connectivity index (χ3v) is 1.32. The highest BCUT2D eigenvalue weighted by Gasteiger charge is 2.08. The molecule has 1 unspecified atom stereocenters. The van der Waals surface area contributed by atoms with Crippen LogP contribution >= 0.6 is 8.60 Å². The van der Waals surface area contributed by atoms with Gasteiger partial charge in [-0.3, -0.25) is 0 Å². The second kappa shape index (κ2) is 5.00. The van der Waals surface area contributed by atoms with Crippen LogP contribution in [-0.2, 0) is 9.40 Å². The summed E-state index contributed by atoms with van der Waals surface area (Å²) in [6.07, 6.45) is 0. The van der Waals surface area contributed by atoms with Gasteiger partial charge in [0, 0.05) is 0 Å². The van der Waals surface area contributed by atoms with Crippen molar-refractivity contribution in [1.29, 1.82) is 0 Å². The van der Waals surface area contributed by atoms with Gasteiger partial charge in [-0.05, 0) is 16.7 Å². The average molecular weight is 192 g/mol. The summed E-state index contributed by atoms with van der Waals surface area (Å²) < 4.78 is 18.2. The van der Waals surface area contributed by atoms with Crippen molar-refractivity contribution in [3.05, 3.63) is 30.3 Å². The molecule has 0 amide bonds. The van der Waals surface area contributed by atoms with Gasteiger partial charge < -0.3 is 9.78 Å². The van der Waals surface area contributed by atoms with Gasteiger partial charge in [-0.25, -0.2) is 0 Å². The van der Waals surface area contributed by atoms with Gasteiger partial charge in [0.15, 0.2) is 5.75 Å². The first-order valence-electron chi connectivity index (χ1n) is 3.00. The van der Waals surface area contributed by atoms with Gasteiger partial charge in [-0.1, -0.05) is 18.2 Å². The molecule has 4 nitrogen and oxygen atoms in total. The van der Waals surface area contributed by atoms with Crippen LogP contribution in [0.1, 0.15) is 0 Å². The van der Waals surface area contributed by atoms with Gasteiger partial charge in [0.1, 0.15) is 0 Å². The molecule has 0 bridgehead atoms. The number of benzene rings is 1. The van der Waals surface area contributed by atoms with Gasteiger partial charge in [0.25, 0.3) is 0 Å². The molecule has 1 N–H and O–H groups in total. The molecule has 0 radical (unpaired) electrons. The van der Waals surface area contributed by atoms with Gasteiger partial charge >= 0.3 is 8.60 Å². The van der Waals surface area contributed by atoms with Crippen molar-refractivity contribution in [1.82, 2.24) is 0 Å². The predicted octanol–water partition coefficient (Wildman–Crippen LogP) is 2.12. The second-order valence-corrected chi connectivity index (χ2v) is 2.54. The van der Waals surface area contributed by atoms with E-state index in [1.165, 1.54) is 0 Å². The molecule has 0 aromatic heterocycles. The van der Waals surface area contributed by atoms with E-state index in [-0.39, 0.29) is 0 Å². The van der Waals surface area contributed by atoms with E-state index in [1.54, 1.807) is 30.3 Å². The maximum Gasteiger partial charge on any atom is 0.407 e. The first kappa shape index (κ1) is 9.35. The van der Waals surface area contributed by atoms with E-state index in [4.69, 9.17) is 4.89 Å². The fourth-order valence-corrected chi connectivity index (χ4v) is 0.735. The van der Waals surface area contributed by atoms with Crippen LogP contribution in [0.4, 0.5) is 4.53 Å². The molecule has 0 saturated heterocycles. The normalized spacial score (nSPS) is 12.5. The molecular weight excluding hydrogens is 186 g/mol. The highest BCUT2D eigenvalue weighted by atomic mass is 31.2. The van der Waals surface area contributed by atoms with Crippen LogP contribution < -0.4 is 4.89 Å². The average Bonchev–Trinajstić information content (AvgIpc) is 2.16. The largest absolute Gasteiger partial charge is 0.407 e. The predicted molar refractivity (Wildman–Crippen MR) is 39.5 cm³/mol. The number of hydrogen-bond donors (Lipinski definition) is 1. The lowest BCUT2D eigenvalue weighted by Gasteiger charge is -2.03. The highest BCUT2D eigenvalue weighted by Crippen LogP contribution is 2.33. The topological polar surface area (TPSA) is 47.9 Å². The SMILES string of the molecule is OP(OF)OOc1ccccc1. The van der Waals surface area contributed by atoms with Crippen molar-refractivity contribution >= 4 is 8.60 Å². The summed E-state index contributed by atoms with van der Waals surface area (Å²) in [7, 11) is -2.59. The zero-order valence-corrected chi connectivity index (χ0v) is 6.78. The molecule has 1 atom stereocenters. The zero-order chi connectivity index (χ0) is 8.81. The first-order valence-corrected chi connectivity index (χ1v) is 4.13. The smallest absolute Gasteiger partial charge is 0.329 e. The molecule has 0 aliphatic carbocycles. The molecule has 0 saturated carbocycles. The maximum absolute atomic E-state index is 11.2. The third-order valence-electron chi connectivity index (χ3n) is 0.999. The number of hydrogen-bond acceptors (Lipinski definition) is 4. The minimum absolute atomic E-state index is 0.358. The summed E-state index contributed by atoms with van der Waals surface area (Å²) in [5.74, 6) is 0.358. The Bertz CT molecular complexity index is 220. The lowest BCUT2D eigenvalue weighted by Crippen LogP contribution is -1.91. The van der Waals surface area contributed by atoms with E-state index < -0.39 is 8.60 Å². The van der Waals surface area contributed by atoms with Crippen molar-refractivity contribution in [2.45, 2.75) is 0 Å². The monoisotopic (exact) mass is 192 g/mol. The Labute approximate surface area is 69.3 Å². The van der Waals surface area contributed by atoms with Crippen molar-refractivity contribution in [3.8, 4) is 5.75 Å². The van der Waals surface area contributed by atoms with Gasteiger partial charge in [-0.15, -0.1) is 9.40 Å². The highest BCUT2D eigenvalue weighted by molar-refractivity contribution is 7.40. The maximum atomic E-state index is 11.2. The summed E-state index contributed by atoms with van der Waals surface area (Å²) in [5.41, 5.74) is 0. The molecular formula is C6H6FO4P. The van der Waals surface area contributed by atoms with Crippen LogP contribution in [0, 0.1) is 0 Å². The first-order chi connectivity index (χ1) is 5.83. The van der Waals surface area contributed by atoms with Crippen LogP contribution in [0.3, 0.4) is 0 Å². The van der Waals surface area contributed by atoms with Crippen LogP contribution in [0.25, 0.3) is 0 Å². The van der Waals surface area contributed by atoms with Crippen LogP contribution in [-0.4, -0.2) is 4.89 Å². The quantitative estimate of drug-likeness (QED) is 0.451. The lowest BCUT2D eigenvalue weighted by molar-refractivity contribution is -0.142. The standard InChI is InChI=1S/C6H6FO4P/c7-10-12(8)11-9-6-4-2-1-3-5-6/h1-5,8H. The molecule has 0 fully saturated rings. The van der Waals surface area contributed by atoms with E-state index >= 15 is 0 Å². The van der Waals surface area contributed by atoms with E-state index in [0.717, 1.165) is 0 Å². The molecule has 0 aliphatic heterocycles. The zero-order valence-electron chi connectivity index (χ0n) is 5.88. The molecule has 0 spiro atoms. The van der Waals surface area contributed by atoms with Crippen LogP contribution in [0.2, 0.25) is 0 Å². The minimum atomic E-state index is -2.59. The fraction of sp³-hybridized carbons (Fsp3) is 0.